The third-order valence-corrected chi connectivity index (χ3v) is 7.85. The third kappa shape index (κ3) is 5.65. The SMILES string of the molecule is CC(C)O[Si](OC(C)C)(OC(C)C)[C@H](C)c1ccc(B2OCCO2)cc1. The van der Waals surface area contributed by atoms with Crippen LogP contribution in [0, 0.1) is 0 Å². The van der Waals surface area contributed by atoms with Crippen molar-refractivity contribution in [2.75, 3.05) is 13.2 Å². The molecule has 7 heteroatoms. The Kier molecular flexibility index (Phi) is 7.88. The van der Waals surface area contributed by atoms with E-state index in [1.165, 1.54) is 0 Å². The van der Waals surface area contributed by atoms with Crippen LogP contribution in [0.3, 0.4) is 0 Å². The zero-order chi connectivity index (χ0) is 19.3. The molecule has 0 aliphatic carbocycles. The second kappa shape index (κ2) is 9.48. The Labute approximate surface area is 159 Å². The zero-order valence-corrected chi connectivity index (χ0v) is 18.2. The second-order valence-corrected chi connectivity index (χ2v) is 10.3. The minimum atomic E-state index is -2.94. The van der Waals surface area contributed by atoms with Gasteiger partial charge in [-0.25, -0.2) is 0 Å². The van der Waals surface area contributed by atoms with E-state index in [2.05, 4.69) is 31.2 Å². The fourth-order valence-electron chi connectivity index (χ4n) is 3.07. The van der Waals surface area contributed by atoms with Crippen LogP contribution in [0.15, 0.2) is 24.3 Å². The third-order valence-electron chi connectivity index (χ3n) is 4.06. The van der Waals surface area contributed by atoms with Gasteiger partial charge in [0.15, 0.2) is 0 Å². The van der Waals surface area contributed by atoms with Crippen molar-refractivity contribution in [3.05, 3.63) is 29.8 Å². The molecule has 1 saturated heterocycles. The lowest BCUT2D eigenvalue weighted by molar-refractivity contribution is -0.00323. The maximum atomic E-state index is 6.35. The number of hydrogen-bond donors (Lipinski definition) is 0. The number of benzene rings is 1. The smallest absolute Gasteiger partial charge is 0.405 e. The summed E-state index contributed by atoms with van der Waals surface area (Å²) in [5.41, 5.74) is 2.19. The molecule has 0 spiro atoms. The molecule has 2 rings (SSSR count). The van der Waals surface area contributed by atoms with Crippen molar-refractivity contribution >= 4 is 21.4 Å². The highest BCUT2D eigenvalue weighted by atomic mass is 28.4. The summed E-state index contributed by atoms with van der Waals surface area (Å²) in [4.78, 5) is 0. The molecule has 5 nitrogen and oxygen atoms in total. The van der Waals surface area contributed by atoms with E-state index in [9.17, 15) is 0 Å². The van der Waals surface area contributed by atoms with Crippen molar-refractivity contribution in [1.82, 2.24) is 0 Å². The van der Waals surface area contributed by atoms with Gasteiger partial charge in [-0.15, -0.1) is 0 Å². The lowest BCUT2D eigenvalue weighted by Gasteiger charge is -2.38. The van der Waals surface area contributed by atoms with Crippen molar-refractivity contribution in [3.63, 3.8) is 0 Å². The zero-order valence-electron chi connectivity index (χ0n) is 17.2. The molecule has 0 saturated carbocycles. The van der Waals surface area contributed by atoms with Gasteiger partial charge in [-0.1, -0.05) is 31.2 Å². The Hall–Kier alpha value is -0.698. The number of hydrogen-bond acceptors (Lipinski definition) is 5. The average Bonchev–Trinajstić information content (AvgIpc) is 3.06. The summed E-state index contributed by atoms with van der Waals surface area (Å²) in [7, 11) is -3.20. The van der Waals surface area contributed by atoms with Crippen LogP contribution in [0.2, 0.25) is 0 Å². The van der Waals surface area contributed by atoms with Crippen LogP contribution in [-0.2, 0) is 22.6 Å². The van der Waals surface area contributed by atoms with Gasteiger partial charge in [-0.3, -0.25) is 0 Å². The van der Waals surface area contributed by atoms with Gasteiger partial charge in [0, 0.05) is 18.3 Å². The van der Waals surface area contributed by atoms with Crippen LogP contribution < -0.4 is 5.46 Å². The van der Waals surface area contributed by atoms with Crippen molar-refractivity contribution in [2.24, 2.45) is 0 Å². The summed E-state index contributed by atoms with van der Waals surface area (Å²) < 4.78 is 30.2. The highest BCUT2D eigenvalue weighted by Gasteiger charge is 2.50. The summed E-state index contributed by atoms with van der Waals surface area (Å²) in [6, 6.07) is 8.32. The van der Waals surface area contributed by atoms with Gasteiger partial charge in [0.2, 0.25) is 0 Å². The predicted molar refractivity (Wildman–Crippen MR) is 107 cm³/mol. The Morgan fingerprint density at radius 3 is 1.58 bits per heavy atom. The molecular weight excluding hydrogens is 347 g/mol. The van der Waals surface area contributed by atoms with Crippen LogP contribution in [0.4, 0.5) is 0 Å². The molecular formula is C19H33BO5Si. The number of rotatable bonds is 9. The molecule has 1 aliphatic rings. The van der Waals surface area contributed by atoms with Crippen LogP contribution in [0.5, 0.6) is 0 Å². The van der Waals surface area contributed by atoms with Crippen molar-refractivity contribution < 1.29 is 22.6 Å². The Morgan fingerprint density at radius 1 is 0.769 bits per heavy atom. The predicted octanol–water partition coefficient (Wildman–Crippen LogP) is 3.29. The first kappa shape index (κ1) is 21.6. The maximum absolute atomic E-state index is 6.35. The Balaban J connectivity index is 2.29. The fourth-order valence-corrected chi connectivity index (χ4v) is 6.42. The van der Waals surface area contributed by atoms with Gasteiger partial charge in [0.25, 0.3) is 0 Å². The minimum absolute atomic E-state index is 0.0224. The van der Waals surface area contributed by atoms with E-state index in [0.29, 0.717) is 13.2 Å². The van der Waals surface area contributed by atoms with E-state index in [4.69, 9.17) is 22.6 Å². The molecule has 1 aliphatic heterocycles. The highest BCUT2D eigenvalue weighted by molar-refractivity contribution is 6.63. The molecule has 0 radical (unpaired) electrons. The molecule has 26 heavy (non-hydrogen) atoms. The van der Waals surface area contributed by atoms with Crippen LogP contribution in [0.25, 0.3) is 0 Å². The Morgan fingerprint density at radius 2 is 1.19 bits per heavy atom. The van der Waals surface area contributed by atoms with Crippen molar-refractivity contribution in [3.8, 4) is 0 Å². The molecule has 1 aromatic rings. The van der Waals surface area contributed by atoms with Gasteiger partial charge in [-0.2, -0.15) is 0 Å². The molecule has 0 aromatic heterocycles. The summed E-state index contributed by atoms with van der Waals surface area (Å²) in [6.07, 6.45) is 0.0866. The molecule has 0 unspecified atom stereocenters. The fraction of sp³-hybridized carbons (Fsp3) is 0.684. The molecule has 1 heterocycles. The van der Waals surface area contributed by atoms with E-state index < -0.39 is 8.80 Å². The quantitative estimate of drug-likeness (QED) is 0.616. The molecule has 0 bridgehead atoms. The first-order chi connectivity index (χ1) is 12.2. The van der Waals surface area contributed by atoms with E-state index in [0.717, 1.165) is 11.0 Å². The van der Waals surface area contributed by atoms with Crippen molar-refractivity contribution in [2.45, 2.75) is 72.3 Å². The molecule has 146 valence electrons. The van der Waals surface area contributed by atoms with Gasteiger partial charge in [0.1, 0.15) is 0 Å². The molecule has 1 fully saturated rings. The van der Waals surface area contributed by atoms with E-state index in [1.807, 2.05) is 41.5 Å². The standard InChI is InChI=1S/C19H33BO5Si/c1-14(2)23-26(24-15(3)4,25-16(5)6)17(7)18-8-10-19(11-9-18)20-21-12-13-22-20/h8-11,14-17H,12-13H2,1-7H3/t17-/m1/s1. The largest absolute Gasteiger partial charge is 0.509 e. The molecule has 0 amide bonds. The van der Waals surface area contributed by atoms with Crippen LogP contribution in [-0.4, -0.2) is 47.4 Å². The summed E-state index contributed by atoms with van der Waals surface area (Å²) in [5, 5.41) is 0. The molecule has 1 atom stereocenters. The molecule has 0 N–H and O–H groups in total. The average molecular weight is 380 g/mol. The summed E-state index contributed by atoms with van der Waals surface area (Å²) >= 11 is 0. The van der Waals surface area contributed by atoms with Gasteiger partial charge in [-0.05, 0) is 52.6 Å². The Bertz CT molecular complexity index is 517. The van der Waals surface area contributed by atoms with Crippen molar-refractivity contribution in [1.29, 1.82) is 0 Å². The highest BCUT2D eigenvalue weighted by Crippen LogP contribution is 2.32. The molecule has 1 aromatic carbocycles. The lowest BCUT2D eigenvalue weighted by atomic mass is 9.79. The summed E-state index contributed by atoms with van der Waals surface area (Å²) in [5.74, 6) is 0. The maximum Gasteiger partial charge on any atom is 0.509 e. The normalized spacial score (nSPS) is 16.9. The first-order valence-electron chi connectivity index (χ1n) is 9.60. The van der Waals surface area contributed by atoms with Gasteiger partial charge >= 0.3 is 15.9 Å². The van der Waals surface area contributed by atoms with Gasteiger partial charge < -0.3 is 22.6 Å². The lowest BCUT2D eigenvalue weighted by Crippen LogP contribution is -2.55. The topological polar surface area (TPSA) is 46.2 Å². The van der Waals surface area contributed by atoms with E-state index in [1.54, 1.807) is 0 Å². The summed E-state index contributed by atoms with van der Waals surface area (Å²) in [6.45, 7) is 15.6. The van der Waals surface area contributed by atoms with E-state index >= 15 is 0 Å². The van der Waals surface area contributed by atoms with Crippen LogP contribution in [0.1, 0.15) is 59.6 Å². The second-order valence-electron chi connectivity index (χ2n) is 7.57. The van der Waals surface area contributed by atoms with Gasteiger partial charge in [0.05, 0.1) is 18.8 Å². The van der Waals surface area contributed by atoms with Crippen LogP contribution >= 0.6 is 0 Å². The monoisotopic (exact) mass is 380 g/mol. The minimum Gasteiger partial charge on any atom is -0.405 e. The first-order valence-corrected chi connectivity index (χ1v) is 11.4. The van der Waals surface area contributed by atoms with E-state index in [-0.39, 0.29) is 31.0 Å².